The van der Waals surface area contributed by atoms with Crippen LogP contribution in [0.1, 0.15) is 52.5 Å². The molecule has 0 saturated heterocycles. The molecule has 4 heteroatoms. The Bertz CT molecular complexity index is 986. The minimum Gasteiger partial charge on any atom is -0.308 e. The number of hydrogen-bond donors (Lipinski definition) is 0. The van der Waals surface area contributed by atoms with Crippen LogP contribution in [0.3, 0.4) is 0 Å². The van der Waals surface area contributed by atoms with Gasteiger partial charge in [0, 0.05) is 17.4 Å². The molecule has 154 valence electrons. The zero-order valence-corrected chi connectivity index (χ0v) is 19.5. The van der Waals surface area contributed by atoms with Gasteiger partial charge in [0.05, 0.1) is 17.1 Å². The summed E-state index contributed by atoms with van der Waals surface area (Å²) in [5.41, 5.74) is 2.98. The minimum atomic E-state index is 0.00707. The molecule has 0 bridgehead atoms. The Morgan fingerprint density at radius 1 is 0.931 bits per heavy atom. The van der Waals surface area contributed by atoms with Crippen molar-refractivity contribution in [3.63, 3.8) is 0 Å². The first-order valence-corrected chi connectivity index (χ1v) is 11.6. The van der Waals surface area contributed by atoms with E-state index in [-0.39, 0.29) is 5.56 Å². The smallest absolute Gasteiger partial charge is 0.258 e. The number of nitriles is 1. The fraction of sp³-hybridized carbons (Fsp3) is 0.360. The zero-order valence-electron chi connectivity index (χ0n) is 17.9. The topological polar surface area (TPSA) is 45.8 Å². The number of aryl methyl sites for hydroxylation is 1. The SMILES string of the molecule is CC.CC.N#Cc1cccc(-c2cc3ccccc3n(CCCCCBr)c2=O)c1. The van der Waals surface area contributed by atoms with E-state index in [1.54, 1.807) is 12.1 Å². The van der Waals surface area contributed by atoms with Crippen molar-refractivity contribution in [3.8, 4) is 17.2 Å². The van der Waals surface area contributed by atoms with Crippen molar-refractivity contribution < 1.29 is 0 Å². The van der Waals surface area contributed by atoms with Gasteiger partial charge in [0.1, 0.15) is 0 Å². The normalized spacial score (nSPS) is 9.66. The van der Waals surface area contributed by atoms with E-state index in [2.05, 4.69) is 22.0 Å². The van der Waals surface area contributed by atoms with E-state index < -0.39 is 0 Å². The van der Waals surface area contributed by atoms with Crippen molar-refractivity contribution in [1.82, 2.24) is 4.57 Å². The standard InChI is InChI=1S/C21H19BrN2O.2C2H6/c22-11-4-1-5-12-24-20-10-3-2-8-18(20)14-19(21(24)25)17-9-6-7-16(13-17)15-23;2*1-2/h2-3,6-10,13-14H,1,4-5,11-12H2;2*1-2H3. The fourth-order valence-corrected chi connectivity index (χ4v) is 3.45. The van der Waals surface area contributed by atoms with E-state index >= 15 is 0 Å². The number of hydrogen-bond acceptors (Lipinski definition) is 2. The second kappa shape index (κ2) is 13.7. The van der Waals surface area contributed by atoms with Gasteiger partial charge in [0.2, 0.25) is 0 Å². The quantitative estimate of drug-likeness (QED) is 0.292. The van der Waals surface area contributed by atoms with Gasteiger partial charge in [0.15, 0.2) is 0 Å². The second-order valence-electron chi connectivity index (χ2n) is 6.02. The van der Waals surface area contributed by atoms with Crippen molar-refractivity contribution in [2.45, 2.75) is 53.5 Å². The minimum absolute atomic E-state index is 0.00707. The summed E-state index contributed by atoms with van der Waals surface area (Å²) < 4.78 is 1.87. The maximum Gasteiger partial charge on any atom is 0.258 e. The molecule has 0 unspecified atom stereocenters. The van der Waals surface area contributed by atoms with Crippen molar-refractivity contribution >= 4 is 26.8 Å². The lowest BCUT2D eigenvalue weighted by atomic mass is 10.0. The van der Waals surface area contributed by atoms with Gasteiger partial charge in [-0.05, 0) is 48.1 Å². The molecule has 0 radical (unpaired) electrons. The van der Waals surface area contributed by atoms with Crippen LogP contribution in [-0.4, -0.2) is 9.90 Å². The molecule has 3 aromatic rings. The molecule has 0 spiro atoms. The Labute approximate surface area is 183 Å². The van der Waals surface area contributed by atoms with Gasteiger partial charge >= 0.3 is 0 Å². The molecule has 3 rings (SSSR count). The zero-order chi connectivity index (χ0) is 21.6. The van der Waals surface area contributed by atoms with Crippen LogP contribution >= 0.6 is 15.9 Å². The molecule has 2 aromatic carbocycles. The lowest BCUT2D eigenvalue weighted by molar-refractivity contribution is 0.606. The molecule has 0 fully saturated rings. The fourth-order valence-electron chi connectivity index (χ4n) is 3.05. The Hall–Kier alpha value is -2.38. The van der Waals surface area contributed by atoms with Crippen molar-refractivity contribution in [1.29, 1.82) is 5.26 Å². The van der Waals surface area contributed by atoms with Crippen LogP contribution in [0.25, 0.3) is 22.0 Å². The first-order chi connectivity index (χ1) is 14.2. The Balaban J connectivity index is 0.000000989. The van der Waals surface area contributed by atoms with E-state index in [1.807, 2.05) is 74.7 Å². The predicted molar refractivity (Wildman–Crippen MR) is 129 cm³/mol. The highest BCUT2D eigenvalue weighted by molar-refractivity contribution is 9.09. The second-order valence-corrected chi connectivity index (χ2v) is 6.81. The summed E-state index contributed by atoms with van der Waals surface area (Å²) in [6, 6.07) is 19.3. The number of pyridine rings is 1. The molecule has 0 aliphatic rings. The van der Waals surface area contributed by atoms with Crippen molar-refractivity contribution in [3.05, 3.63) is 70.5 Å². The van der Waals surface area contributed by atoms with Crippen LogP contribution in [0.2, 0.25) is 0 Å². The third-order valence-electron chi connectivity index (χ3n) is 4.32. The molecular weight excluding hydrogens is 424 g/mol. The van der Waals surface area contributed by atoms with Gasteiger partial charge in [-0.15, -0.1) is 0 Å². The summed E-state index contributed by atoms with van der Waals surface area (Å²) >= 11 is 3.45. The third kappa shape index (κ3) is 6.58. The molecule has 3 nitrogen and oxygen atoms in total. The number of para-hydroxylation sites is 1. The Morgan fingerprint density at radius 2 is 1.66 bits per heavy atom. The van der Waals surface area contributed by atoms with Crippen LogP contribution in [0.15, 0.2) is 59.4 Å². The summed E-state index contributed by atoms with van der Waals surface area (Å²) in [4.78, 5) is 13.1. The summed E-state index contributed by atoms with van der Waals surface area (Å²) in [6.45, 7) is 8.71. The summed E-state index contributed by atoms with van der Waals surface area (Å²) in [6.07, 6.45) is 3.16. The molecule has 1 heterocycles. The number of benzene rings is 2. The maximum atomic E-state index is 13.1. The number of alkyl halides is 1. The number of aromatic nitrogens is 1. The van der Waals surface area contributed by atoms with E-state index in [0.29, 0.717) is 17.7 Å². The first kappa shape index (κ1) is 24.7. The van der Waals surface area contributed by atoms with Crippen molar-refractivity contribution in [2.75, 3.05) is 5.33 Å². The summed E-state index contributed by atoms with van der Waals surface area (Å²) in [5.74, 6) is 0. The highest BCUT2D eigenvalue weighted by Crippen LogP contribution is 2.22. The van der Waals surface area contributed by atoms with Crippen LogP contribution in [0.4, 0.5) is 0 Å². The molecule has 0 aliphatic heterocycles. The average molecular weight is 455 g/mol. The van der Waals surface area contributed by atoms with Crippen molar-refractivity contribution in [2.24, 2.45) is 0 Å². The van der Waals surface area contributed by atoms with E-state index in [4.69, 9.17) is 5.26 Å². The highest BCUT2D eigenvalue weighted by Gasteiger charge is 2.11. The predicted octanol–water partition coefficient (Wildman–Crippen LogP) is 7.16. The van der Waals surface area contributed by atoms with E-state index in [9.17, 15) is 4.79 Å². The molecule has 0 amide bonds. The summed E-state index contributed by atoms with van der Waals surface area (Å²) in [7, 11) is 0. The molecule has 0 saturated carbocycles. The monoisotopic (exact) mass is 454 g/mol. The van der Waals surface area contributed by atoms with Crippen LogP contribution in [-0.2, 0) is 6.54 Å². The van der Waals surface area contributed by atoms with Gasteiger partial charge in [-0.1, -0.05) is 80.4 Å². The van der Waals surface area contributed by atoms with E-state index in [0.717, 1.165) is 41.1 Å². The number of nitrogens with zero attached hydrogens (tertiary/aromatic N) is 2. The number of rotatable bonds is 6. The van der Waals surface area contributed by atoms with Crippen LogP contribution in [0, 0.1) is 11.3 Å². The highest BCUT2D eigenvalue weighted by atomic mass is 79.9. The lowest BCUT2D eigenvalue weighted by Crippen LogP contribution is -2.22. The van der Waals surface area contributed by atoms with E-state index in [1.165, 1.54) is 0 Å². The molecule has 29 heavy (non-hydrogen) atoms. The van der Waals surface area contributed by atoms with Crippen LogP contribution < -0.4 is 5.56 Å². The van der Waals surface area contributed by atoms with Gasteiger partial charge in [0.25, 0.3) is 5.56 Å². The third-order valence-corrected chi connectivity index (χ3v) is 4.88. The summed E-state index contributed by atoms with van der Waals surface area (Å²) in [5, 5.41) is 11.2. The largest absolute Gasteiger partial charge is 0.308 e. The lowest BCUT2D eigenvalue weighted by Gasteiger charge is -2.13. The van der Waals surface area contributed by atoms with Crippen LogP contribution in [0.5, 0.6) is 0 Å². The van der Waals surface area contributed by atoms with Gasteiger partial charge in [-0.25, -0.2) is 0 Å². The molecule has 0 aliphatic carbocycles. The van der Waals surface area contributed by atoms with Gasteiger partial charge in [-0.3, -0.25) is 4.79 Å². The first-order valence-electron chi connectivity index (χ1n) is 10.4. The number of unbranched alkanes of at least 4 members (excludes halogenated alkanes) is 2. The average Bonchev–Trinajstić information content (AvgIpc) is 2.80. The van der Waals surface area contributed by atoms with Gasteiger partial charge in [-0.2, -0.15) is 5.26 Å². The van der Waals surface area contributed by atoms with Gasteiger partial charge < -0.3 is 4.57 Å². The number of halogens is 1. The Morgan fingerprint density at radius 3 is 2.34 bits per heavy atom. The Kier molecular flexibility index (Phi) is 11.7. The number of fused-ring (bicyclic) bond motifs is 1. The molecule has 1 aromatic heterocycles. The maximum absolute atomic E-state index is 13.1. The molecular formula is C25H31BrN2O. The molecule has 0 atom stereocenters. The molecule has 0 N–H and O–H groups in total.